The van der Waals surface area contributed by atoms with Gasteiger partial charge in [0.1, 0.15) is 18.5 Å². The number of hydrogen-bond acceptors (Lipinski definition) is 2. The second-order valence-corrected chi connectivity index (χ2v) is 5.49. The molecular formula is C15H14B3N3. The Morgan fingerprint density at radius 3 is 2.81 bits per heavy atom. The molecule has 0 aliphatic carbocycles. The highest BCUT2D eigenvalue weighted by Gasteiger charge is 2.16. The minimum Gasteiger partial charge on any atom is -0.277 e. The first kappa shape index (κ1) is 12.5. The molecule has 0 bridgehead atoms. The summed E-state index contributed by atoms with van der Waals surface area (Å²) in [5.41, 5.74) is 6.87. The Morgan fingerprint density at radius 2 is 1.95 bits per heavy atom. The highest BCUT2D eigenvalue weighted by atomic mass is 15.1. The Morgan fingerprint density at radius 1 is 1.10 bits per heavy atom. The Kier molecular flexibility index (Phi) is 2.77. The van der Waals surface area contributed by atoms with E-state index in [2.05, 4.69) is 48.3 Å². The summed E-state index contributed by atoms with van der Waals surface area (Å²) in [5, 5.41) is 1.22. The molecule has 0 saturated carbocycles. The van der Waals surface area contributed by atoms with Gasteiger partial charge in [0.25, 0.3) is 0 Å². The molecule has 0 fully saturated rings. The lowest BCUT2D eigenvalue weighted by atomic mass is 9.26. The predicted molar refractivity (Wildman–Crippen MR) is 95.2 cm³/mol. The Bertz CT molecular complexity index is 978. The van der Waals surface area contributed by atoms with Crippen LogP contribution in [0.15, 0.2) is 42.6 Å². The standard InChI is InChI=1S/C15H14B3N3/c1-9-10-5-4-8-19-14(10)21-12-7-3-2-6-11(12)20-15(21)13(9)17-18-16/h2-8,17-18H,16H2,1H3. The van der Waals surface area contributed by atoms with Gasteiger partial charge in [0.05, 0.1) is 25.8 Å². The number of rotatable bonds is 2. The molecule has 0 atom stereocenters. The number of imidazole rings is 1. The summed E-state index contributed by atoms with van der Waals surface area (Å²) < 4.78 is 2.21. The number of fused-ring (bicyclic) bond motifs is 5. The van der Waals surface area contributed by atoms with Crippen molar-refractivity contribution >= 4 is 55.1 Å². The largest absolute Gasteiger partial charge is 0.277 e. The SMILES string of the molecule is BBBc1c(C)c2cccnc2n2c1nc1ccccc12. The first-order valence-electron chi connectivity index (χ1n) is 7.44. The van der Waals surface area contributed by atoms with Crippen LogP contribution in [0.2, 0.25) is 0 Å². The predicted octanol–water partition coefficient (Wildman–Crippen LogP) is 0.306. The van der Waals surface area contributed by atoms with Gasteiger partial charge < -0.3 is 0 Å². The number of pyridine rings is 2. The topological polar surface area (TPSA) is 30.2 Å². The third-order valence-electron chi connectivity index (χ3n) is 4.19. The molecular weight excluding hydrogens is 255 g/mol. The highest BCUT2D eigenvalue weighted by Crippen LogP contribution is 2.23. The molecule has 3 aromatic heterocycles. The molecule has 6 heteroatoms. The van der Waals surface area contributed by atoms with Crippen LogP contribution in [0.3, 0.4) is 0 Å². The van der Waals surface area contributed by atoms with Gasteiger partial charge in [0.15, 0.2) is 0 Å². The monoisotopic (exact) mass is 269 g/mol. The third kappa shape index (κ3) is 1.72. The van der Waals surface area contributed by atoms with E-state index in [-0.39, 0.29) is 0 Å². The van der Waals surface area contributed by atoms with Gasteiger partial charge in [0.2, 0.25) is 0 Å². The van der Waals surface area contributed by atoms with Crippen molar-refractivity contribution in [1.82, 2.24) is 14.4 Å². The number of para-hydroxylation sites is 2. The maximum Gasteiger partial charge on any atom is 0.146 e. The summed E-state index contributed by atoms with van der Waals surface area (Å²) >= 11 is 0. The molecule has 98 valence electrons. The molecule has 0 aliphatic rings. The zero-order chi connectivity index (χ0) is 14.4. The third-order valence-corrected chi connectivity index (χ3v) is 4.19. The van der Waals surface area contributed by atoms with Crippen molar-refractivity contribution in [3.8, 4) is 0 Å². The van der Waals surface area contributed by atoms with Crippen LogP contribution in [0.25, 0.3) is 27.7 Å². The molecule has 0 saturated heterocycles. The molecule has 4 aromatic rings. The average molecular weight is 269 g/mol. The minimum absolute atomic E-state index is 0.999. The first-order valence-corrected chi connectivity index (χ1v) is 7.44. The fourth-order valence-electron chi connectivity index (χ4n) is 3.19. The molecule has 1 aromatic carbocycles. The van der Waals surface area contributed by atoms with Crippen LogP contribution < -0.4 is 5.46 Å². The van der Waals surface area contributed by atoms with E-state index in [1.807, 2.05) is 18.3 Å². The van der Waals surface area contributed by atoms with Crippen molar-refractivity contribution in [2.24, 2.45) is 0 Å². The van der Waals surface area contributed by atoms with Gasteiger partial charge in [0, 0.05) is 11.6 Å². The van der Waals surface area contributed by atoms with E-state index >= 15 is 0 Å². The minimum atomic E-state index is 0.999. The van der Waals surface area contributed by atoms with Gasteiger partial charge in [-0.1, -0.05) is 12.1 Å². The zero-order valence-corrected chi connectivity index (χ0v) is 12.3. The van der Waals surface area contributed by atoms with Crippen LogP contribution in [0.4, 0.5) is 0 Å². The number of hydrogen-bond donors (Lipinski definition) is 0. The molecule has 0 radical (unpaired) electrons. The molecule has 0 amide bonds. The molecule has 0 N–H and O–H groups in total. The quantitative estimate of drug-likeness (QED) is 0.490. The lowest BCUT2D eigenvalue weighted by Crippen LogP contribution is -2.27. The average Bonchev–Trinajstić information content (AvgIpc) is 2.91. The van der Waals surface area contributed by atoms with Crippen LogP contribution in [0.1, 0.15) is 5.56 Å². The second kappa shape index (κ2) is 4.66. The number of aryl methyl sites for hydroxylation is 1. The fourth-order valence-corrected chi connectivity index (χ4v) is 3.19. The Labute approximate surface area is 125 Å². The van der Waals surface area contributed by atoms with Gasteiger partial charge in [-0.2, -0.15) is 0 Å². The molecule has 3 nitrogen and oxygen atoms in total. The number of benzene rings is 1. The van der Waals surface area contributed by atoms with Gasteiger partial charge >= 0.3 is 0 Å². The normalized spacial score (nSPS) is 11.3. The summed E-state index contributed by atoms with van der Waals surface area (Å²) in [6.07, 6.45) is 1.86. The molecule has 0 aliphatic heterocycles. The van der Waals surface area contributed by atoms with Gasteiger partial charge in [-0.05, 0) is 42.2 Å². The lowest BCUT2D eigenvalue weighted by molar-refractivity contribution is 1.22. The van der Waals surface area contributed by atoms with Crippen LogP contribution in [-0.2, 0) is 0 Å². The summed E-state index contributed by atoms with van der Waals surface area (Å²) in [4.78, 5) is 9.48. The molecule has 4 rings (SSSR count). The fraction of sp³-hybridized carbons (Fsp3) is 0.0667. The van der Waals surface area contributed by atoms with E-state index < -0.39 is 0 Å². The molecule has 21 heavy (non-hydrogen) atoms. The van der Waals surface area contributed by atoms with Crippen LogP contribution >= 0.6 is 0 Å². The van der Waals surface area contributed by atoms with Gasteiger partial charge in [-0.25, -0.2) is 9.97 Å². The zero-order valence-electron chi connectivity index (χ0n) is 12.3. The van der Waals surface area contributed by atoms with E-state index in [9.17, 15) is 0 Å². The Balaban J connectivity index is 2.32. The molecule has 3 heterocycles. The van der Waals surface area contributed by atoms with Crippen molar-refractivity contribution in [3.05, 3.63) is 48.2 Å². The maximum atomic E-state index is 4.87. The van der Waals surface area contributed by atoms with Crippen molar-refractivity contribution in [3.63, 3.8) is 0 Å². The summed E-state index contributed by atoms with van der Waals surface area (Å²) in [7, 11) is 4.38. The van der Waals surface area contributed by atoms with Crippen LogP contribution in [0, 0.1) is 6.92 Å². The van der Waals surface area contributed by atoms with Gasteiger partial charge in [-0.15, -0.1) is 0 Å². The van der Waals surface area contributed by atoms with Crippen molar-refractivity contribution in [2.45, 2.75) is 6.92 Å². The second-order valence-electron chi connectivity index (χ2n) is 5.49. The van der Waals surface area contributed by atoms with Crippen LogP contribution in [0.5, 0.6) is 0 Å². The number of nitrogens with zero attached hydrogens (tertiary/aromatic N) is 3. The summed E-state index contributed by atoms with van der Waals surface area (Å²) in [6, 6.07) is 12.5. The van der Waals surface area contributed by atoms with Crippen molar-refractivity contribution < 1.29 is 0 Å². The summed E-state index contributed by atoms with van der Waals surface area (Å²) in [6.45, 7) is 2.19. The van der Waals surface area contributed by atoms with Crippen LogP contribution in [-0.4, -0.2) is 36.3 Å². The van der Waals surface area contributed by atoms with E-state index in [1.165, 1.54) is 16.4 Å². The summed E-state index contributed by atoms with van der Waals surface area (Å²) in [5.74, 6) is 0. The highest BCUT2D eigenvalue weighted by molar-refractivity contribution is 7.28. The molecule has 0 spiro atoms. The van der Waals surface area contributed by atoms with E-state index in [4.69, 9.17) is 4.98 Å². The lowest BCUT2D eigenvalue weighted by Gasteiger charge is -2.11. The molecule has 0 unspecified atom stereocenters. The van der Waals surface area contributed by atoms with E-state index in [0.29, 0.717) is 0 Å². The van der Waals surface area contributed by atoms with Crippen molar-refractivity contribution in [2.75, 3.05) is 0 Å². The number of aromatic nitrogens is 3. The van der Waals surface area contributed by atoms with E-state index in [0.717, 1.165) is 36.6 Å². The van der Waals surface area contributed by atoms with E-state index in [1.54, 1.807) is 0 Å². The maximum absolute atomic E-state index is 4.87. The smallest absolute Gasteiger partial charge is 0.146 e. The Hall–Kier alpha value is -2.23. The van der Waals surface area contributed by atoms with Gasteiger partial charge in [-0.3, -0.25) is 4.40 Å². The first-order chi connectivity index (χ1) is 10.3. The van der Waals surface area contributed by atoms with Crippen molar-refractivity contribution in [1.29, 1.82) is 0 Å².